The van der Waals surface area contributed by atoms with Crippen molar-refractivity contribution in [2.24, 2.45) is 0 Å². The number of hydrogen-bond donors (Lipinski definition) is 0. The zero-order valence-electron chi connectivity index (χ0n) is 9.34. The fraction of sp³-hybridized carbons (Fsp3) is 0.400. The normalized spacial score (nSPS) is 12.2. The van der Waals surface area contributed by atoms with Crippen LogP contribution in [-0.4, -0.2) is 9.85 Å². The molecule has 0 saturated heterocycles. The fourth-order valence-corrected chi connectivity index (χ4v) is 1.65. The van der Waals surface area contributed by atoms with Gasteiger partial charge in [-0.2, -0.15) is 0 Å². The topological polar surface area (TPSA) is 86.3 Å². The van der Waals surface area contributed by atoms with Crippen molar-refractivity contribution in [3.05, 3.63) is 42.9 Å². The van der Waals surface area contributed by atoms with Crippen LogP contribution in [0.5, 0.6) is 0 Å². The van der Waals surface area contributed by atoms with E-state index in [1.54, 1.807) is 0 Å². The number of nitrogens with zero attached hydrogens (tertiary/aromatic N) is 2. The van der Waals surface area contributed by atoms with Crippen LogP contribution in [0.15, 0.2) is 12.1 Å². The quantitative estimate of drug-likeness (QED) is 0.609. The molecule has 0 fully saturated rings. The molecule has 0 amide bonds. The molecule has 0 aliphatic carbocycles. The number of halogens is 1. The SMILES string of the molecule is CCC(C)c1cc([N+](=O)[O-])c(Cl)c([N+](=O)[O-])c1. The third-order valence-electron chi connectivity index (χ3n) is 2.63. The number of hydrogen-bond acceptors (Lipinski definition) is 4. The van der Waals surface area contributed by atoms with Crippen molar-refractivity contribution >= 4 is 23.0 Å². The first-order valence-electron chi connectivity index (χ1n) is 5.00. The van der Waals surface area contributed by atoms with Gasteiger partial charge in [0.2, 0.25) is 0 Å². The summed E-state index contributed by atoms with van der Waals surface area (Å²) in [6, 6.07) is 2.59. The monoisotopic (exact) mass is 258 g/mol. The molecule has 0 radical (unpaired) electrons. The molecule has 6 nitrogen and oxygen atoms in total. The zero-order chi connectivity index (χ0) is 13.2. The van der Waals surface area contributed by atoms with Crippen LogP contribution >= 0.6 is 11.6 Å². The van der Waals surface area contributed by atoms with Gasteiger partial charge in [-0.15, -0.1) is 0 Å². The molecule has 0 aromatic heterocycles. The highest BCUT2D eigenvalue weighted by atomic mass is 35.5. The predicted octanol–water partition coefficient (Wildman–Crippen LogP) is 3.67. The first-order valence-corrected chi connectivity index (χ1v) is 5.38. The molecule has 0 spiro atoms. The molecule has 0 aliphatic heterocycles. The molecule has 0 N–H and O–H groups in total. The Morgan fingerprint density at radius 2 is 1.65 bits per heavy atom. The van der Waals surface area contributed by atoms with E-state index in [1.807, 2.05) is 13.8 Å². The Labute approximate surface area is 103 Å². The second kappa shape index (κ2) is 5.09. The van der Waals surface area contributed by atoms with Gasteiger partial charge >= 0.3 is 0 Å². The molecule has 1 rings (SSSR count). The summed E-state index contributed by atoms with van der Waals surface area (Å²) in [7, 11) is 0. The molecule has 1 aromatic rings. The van der Waals surface area contributed by atoms with Gasteiger partial charge in [0, 0.05) is 12.1 Å². The summed E-state index contributed by atoms with van der Waals surface area (Å²) in [6.45, 7) is 3.74. The molecule has 0 aliphatic rings. The average Bonchev–Trinajstić information content (AvgIpc) is 2.27. The van der Waals surface area contributed by atoms with Crippen LogP contribution in [0, 0.1) is 20.2 Å². The van der Waals surface area contributed by atoms with Gasteiger partial charge in [-0.1, -0.05) is 25.4 Å². The Morgan fingerprint density at radius 3 is 1.94 bits per heavy atom. The molecule has 92 valence electrons. The van der Waals surface area contributed by atoms with E-state index in [-0.39, 0.29) is 5.92 Å². The highest BCUT2D eigenvalue weighted by Crippen LogP contribution is 2.37. The van der Waals surface area contributed by atoms with Crippen LogP contribution in [0.3, 0.4) is 0 Å². The number of nitro groups is 2. The summed E-state index contributed by atoms with van der Waals surface area (Å²) < 4.78 is 0. The molecule has 1 unspecified atom stereocenters. The van der Waals surface area contributed by atoms with Gasteiger partial charge in [0.15, 0.2) is 5.02 Å². The Bertz CT molecular complexity index is 440. The summed E-state index contributed by atoms with van der Waals surface area (Å²) >= 11 is 5.64. The van der Waals surface area contributed by atoms with E-state index in [4.69, 9.17) is 11.6 Å². The van der Waals surface area contributed by atoms with E-state index in [0.717, 1.165) is 6.42 Å². The van der Waals surface area contributed by atoms with Crippen LogP contribution in [0.4, 0.5) is 11.4 Å². The van der Waals surface area contributed by atoms with E-state index in [2.05, 4.69) is 0 Å². The lowest BCUT2D eigenvalue weighted by Crippen LogP contribution is -1.99. The van der Waals surface area contributed by atoms with Crippen LogP contribution in [-0.2, 0) is 0 Å². The summed E-state index contributed by atoms with van der Waals surface area (Å²) in [4.78, 5) is 20.1. The van der Waals surface area contributed by atoms with Gasteiger partial charge in [-0.3, -0.25) is 20.2 Å². The molecule has 17 heavy (non-hydrogen) atoms. The molecule has 1 atom stereocenters. The highest BCUT2D eigenvalue weighted by molar-refractivity contribution is 6.34. The largest absolute Gasteiger partial charge is 0.295 e. The Hall–Kier alpha value is -1.69. The molecule has 7 heteroatoms. The Kier molecular flexibility index (Phi) is 4.01. The second-order valence-corrected chi connectivity index (χ2v) is 4.07. The fourth-order valence-electron chi connectivity index (χ4n) is 1.40. The van der Waals surface area contributed by atoms with Gasteiger partial charge in [0.25, 0.3) is 11.4 Å². The van der Waals surface area contributed by atoms with E-state index >= 15 is 0 Å². The number of nitro benzene ring substituents is 2. The highest BCUT2D eigenvalue weighted by Gasteiger charge is 2.26. The number of benzene rings is 1. The maximum atomic E-state index is 10.8. The Balaban J connectivity index is 3.47. The van der Waals surface area contributed by atoms with Crippen LogP contribution < -0.4 is 0 Å². The molecule has 1 aromatic carbocycles. The molecule has 0 heterocycles. The standard InChI is InChI=1S/C10H11ClN2O4/c1-3-6(2)7-4-8(12(14)15)10(11)9(5-7)13(16)17/h4-6H,3H2,1-2H3. The smallest absolute Gasteiger partial charge is 0.258 e. The molecule has 0 bridgehead atoms. The van der Waals surface area contributed by atoms with Gasteiger partial charge in [-0.25, -0.2) is 0 Å². The van der Waals surface area contributed by atoms with E-state index in [1.165, 1.54) is 12.1 Å². The zero-order valence-corrected chi connectivity index (χ0v) is 10.1. The van der Waals surface area contributed by atoms with Crippen LogP contribution in [0.1, 0.15) is 31.7 Å². The first-order chi connectivity index (χ1) is 7.88. The third-order valence-corrected chi connectivity index (χ3v) is 3.02. The lowest BCUT2D eigenvalue weighted by Gasteiger charge is -2.09. The van der Waals surface area contributed by atoms with Crippen molar-refractivity contribution in [2.75, 3.05) is 0 Å². The van der Waals surface area contributed by atoms with Crippen molar-refractivity contribution in [2.45, 2.75) is 26.2 Å². The first kappa shape index (κ1) is 13.4. The van der Waals surface area contributed by atoms with E-state index in [9.17, 15) is 20.2 Å². The van der Waals surface area contributed by atoms with Gasteiger partial charge < -0.3 is 0 Å². The van der Waals surface area contributed by atoms with Crippen molar-refractivity contribution in [1.82, 2.24) is 0 Å². The van der Waals surface area contributed by atoms with Crippen molar-refractivity contribution in [1.29, 1.82) is 0 Å². The average molecular weight is 259 g/mol. The van der Waals surface area contributed by atoms with Gasteiger partial charge in [0.05, 0.1) is 9.85 Å². The van der Waals surface area contributed by atoms with Crippen LogP contribution in [0.25, 0.3) is 0 Å². The van der Waals surface area contributed by atoms with Gasteiger partial charge in [-0.05, 0) is 17.9 Å². The second-order valence-electron chi connectivity index (χ2n) is 3.70. The van der Waals surface area contributed by atoms with E-state index in [0.29, 0.717) is 5.56 Å². The molecule has 0 saturated carbocycles. The molecular formula is C10H11ClN2O4. The number of rotatable bonds is 4. The van der Waals surface area contributed by atoms with Crippen molar-refractivity contribution in [3.8, 4) is 0 Å². The minimum absolute atomic E-state index is 0.00432. The van der Waals surface area contributed by atoms with Gasteiger partial charge in [0.1, 0.15) is 0 Å². The molecular weight excluding hydrogens is 248 g/mol. The summed E-state index contributed by atoms with van der Waals surface area (Å²) in [5, 5.41) is 21.1. The summed E-state index contributed by atoms with van der Waals surface area (Å²) in [5.74, 6) is 0.00432. The summed E-state index contributed by atoms with van der Waals surface area (Å²) in [5.41, 5.74) is -0.289. The summed E-state index contributed by atoms with van der Waals surface area (Å²) in [6.07, 6.45) is 0.732. The van der Waals surface area contributed by atoms with Crippen molar-refractivity contribution < 1.29 is 9.85 Å². The predicted molar refractivity (Wildman–Crippen MR) is 63.5 cm³/mol. The maximum absolute atomic E-state index is 10.8. The lowest BCUT2D eigenvalue weighted by molar-refractivity contribution is -0.394. The minimum Gasteiger partial charge on any atom is -0.258 e. The maximum Gasteiger partial charge on any atom is 0.295 e. The van der Waals surface area contributed by atoms with E-state index < -0.39 is 26.2 Å². The van der Waals surface area contributed by atoms with Crippen LogP contribution in [0.2, 0.25) is 5.02 Å². The minimum atomic E-state index is -0.707. The third kappa shape index (κ3) is 2.71. The van der Waals surface area contributed by atoms with Crippen molar-refractivity contribution in [3.63, 3.8) is 0 Å². The Morgan fingerprint density at radius 1 is 1.24 bits per heavy atom. The lowest BCUT2D eigenvalue weighted by atomic mass is 9.97.